The Labute approximate surface area is 314 Å². The van der Waals surface area contributed by atoms with Gasteiger partial charge in [-0.15, -0.1) is 0 Å². The molecule has 308 valence electrons. The molecule has 0 aromatic carbocycles. The van der Waals surface area contributed by atoms with Crippen molar-refractivity contribution in [2.24, 2.45) is 0 Å². The smallest absolute Gasteiger partial charge is 0.457 e. The largest absolute Gasteiger partial charge is 0.472 e. The van der Waals surface area contributed by atoms with E-state index in [1.807, 2.05) is 0 Å². The standard InChI is InChI=1S/C39H75O12P/c1-3-5-7-9-11-13-15-16-17-18-19-20-22-24-26-28-33(40)50-32(30-48-29-27-25-23-21-14-12-10-8-6-4-2)31-49-52(46,47)51-39-37(44)35(42)34(41)36(43)38(39)45/h16-17,32,34-39,41-45H,3-15,18-31H2,1-2H3,(H,46,47)/b17-16-. The molecule has 0 amide bonds. The molecule has 0 bridgehead atoms. The molecule has 0 heterocycles. The van der Waals surface area contributed by atoms with Gasteiger partial charge in [0.2, 0.25) is 0 Å². The molecule has 0 spiro atoms. The lowest BCUT2D eigenvalue weighted by Crippen LogP contribution is -2.64. The van der Waals surface area contributed by atoms with Gasteiger partial charge in [-0.2, -0.15) is 0 Å². The molecule has 0 aromatic heterocycles. The van der Waals surface area contributed by atoms with E-state index in [9.17, 15) is 39.8 Å². The Morgan fingerprint density at radius 2 is 1.02 bits per heavy atom. The molecule has 1 aliphatic carbocycles. The molecule has 0 radical (unpaired) electrons. The summed E-state index contributed by atoms with van der Waals surface area (Å²) in [5, 5.41) is 50.0. The highest BCUT2D eigenvalue weighted by Crippen LogP contribution is 2.47. The van der Waals surface area contributed by atoms with Gasteiger partial charge < -0.3 is 39.9 Å². The van der Waals surface area contributed by atoms with Crippen LogP contribution in [-0.4, -0.2) is 98.9 Å². The molecular weight excluding hydrogens is 691 g/mol. The Kier molecular flexibility index (Phi) is 29.6. The average molecular weight is 767 g/mol. The lowest BCUT2D eigenvalue weighted by Gasteiger charge is -2.41. The van der Waals surface area contributed by atoms with Crippen molar-refractivity contribution in [1.82, 2.24) is 0 Å². The van der Waals surface area contributed by atoms with Crippen LogP contribution in [0.4, 0.5) is 0 Å². The maximum atomic E-state index is 12.7. The molecule has 1 saturated carbocycles. The summed E-state index contributed by atoms with van der Waals surface area (Å²) < 4.78 is 34.0. The Morgan fingerprint density at radius 1 is 0.596 bits per heavy atom. The van der Waals surface area contributed by atoms with Crippen molar-refractivity contribution in [2.45, 2.75) is 211 Å². The number of aliphatic hydroxyl groups excluding tert-OH is 5. The van der Waals surface area contributed by atoms with Gasteiger partial charge in [-0.05, 0) is 38.5 Å². The topological polar surface area (TPSA) is 192 Å². The van der Waals surface area contributed by atoms with Gasteiger partial charge >= 0.3 is 13.8 Å². The zero-order valence-corrected chi connectivity index (χ0v) is 33.3. The molecule has 0 saturated heterocycles. The number of phosphoric ester groups is 1. The zero-order chi connectivity index (χ0) is 38.5. The second-order valence-corrected chi connectivity index (χ2v) is 15.9. The fraction of sp³-hybridized carbons (Fsp3) is 0.923. The third kappa shape index (κ3) is 23.8. The Hall–Kier alpha value is -0.920. The number of allylic oxidation sites excluding steroid dienone is 2. The highest BCUT2D eigenvalue weighted by Gasteiger charge is 2.51. The fourth-order valence-corrected chi connectivity index (χ4v) is 7.26. The van der Waals surface area contributed by atoms with Crippen molar-refractivity contribution in [3.8, 4) is 0 Å². The molecule has 0 aromatic rings. The summed E-state index contributed by atoms with van der Waals surface area (Å²) in [6.45, 7) is 4.22. The summed E-state index contributed by atoms with van der Waals surface area (Å²) in [7, 11) is -5.00. The van der Waals surface area contributed by atoms with Crippen LogP contribution in [0.25, 0.3) is 0 Å². The highest BCUT2D eigenvalue weighted by molar-refractivity contribution is 7.47. The molecule has 12 nitrogen and oxygen atoms in total. The van der Waals surface area contributed by atoms with Gasteiger partial charge in [0.15, 0.2) is 0 Å². The second-order valence-electron chi connectivity index (χ2n) is 14.5. The van der Waals surface area contributed by atoms with Gasteiger partial charge in [0.1, 0.15) is 42.7 Å². The van der Waals surface area contributed by atoms with Crippen LogP contribution in [0.1, 0.15) is 168 Å². The van der Waals surface area contributed by atoms with Crippen LogP contribution in [0.2, 0.25) is 0 Å². The number of carbonyl (C=O) groups excluding carboxylic acids is 1. The first-order valence-electron chi connectivity index (χ1n) is 20.5. The van der Waals surface area contributed by atoms with Gasteiger partial charge in [-0.1, -0.05) is 135 Å². The van der Waals surface area contributed by atoms with Crippen molar-refractivity contribution in [2.75, 3.05) is 19.8 Å². The SMILES string of the molecule is CCCCCCCC/C=C\CCCCCCCC(=O)OC(COCCCCCCCCCCCC)COP(=O)(O)OC1C(O)C(O)C(O)C(O)C1O. The quantitative estimate of drug-likeness (QED) is 0.0167. The first kappa shape index (κ1) is 49.1. The number of phosphoric acid groups is 1. The summed E-state index contributed by atoms with van der Waals surface area (Å²) >= 11 is 0. The number of unbranched alkanes of at least 4 members (excludes halogenated alkanes) is 20. The van der Waals surface area contributed by atoms with Crippen molar-refractivity contribution >= 4 is 13.8 Å². The van der Waals surface area contributed by atoms with E-state index in [1.54, 1.807) is 0 Å². The van der Waals surface area contributed by atoms with Gasteiger partial charge in [-0.25, -0.2) is 4.57 Å². The van der Waals surface area contributed by atoms with E-state index in [-0.39, 0.29) is 13.0 Å². The minimum Gasteiger partial charge on any atom is -0.457 e. The monoisotopic (exact) mass is 766 g/mol. The first-order valence-corrected chi connectivity index (χ1v) is 22.0. The molecule has 6 unspecified atom stereocenters. The predicted molar refractivity (Wildman–Crippen MR) is 203 cm³/mol. The number of esters is 1. The van der Waals surface area contributed by atoms with E-state index in [0.717, 1.165) is 57.8 Å². The summed E-state index contributed by atoms with van der Waals surface area (Å²) in [5.74, 6) is -0.485. The predicted octanol–water partition coefficient (Wildman–Crippen LogP) is 7.19. The normalized spacial score (nSPS) is 23.9. The van der Waals surface area contributed by atoms with E-state index in [2.05, 4.69) is 26.0 Å². The maximum Gasteiger partial charge on any atom is 0.472 e. The van der Waals surface area contributed by atoms with Crippen molar-refractivity contribution in [3.63, 3.8) is 0 Å². The summed E-state index contributed by atoms with van der Waals surface area (Å²) in [6.07, 6.45) is 18.6. The van der Waals surface area contributed by atoms with Crippen LogP contribution in [0.3, 0.4) is 0 Å². The molecule has 6 atom stereocenters. The van der Waals surface area contributed by atoms with Crippen LogP contribution in [-0.2, 0) is 27.9 Å². The molecule has 0 aliphatic heterocycles. The number of aliphatic hydroxyl groups is 5. The van der Waals surface area contributed by atoms with Crippen LogP contribution in [0.15, 0.2) is 12.2 Å². The number of hydrogen-bond donors (Lipinski definition) is 6. The minimum absolute atomic E-state index is 0.0756. The number of hydrogen-bond acceptors (Lipinski definition) is 11. The number of carbonyl (C=O) groups is 1. The first-order chi connectivity index (χ1) is 25.0. The van der Waals surface area contributed by atoms with Gasteiger partial charge in [-0.3, -0.25) is 13.8 Å². The van der Waals surface area contributed by atoms with Gasteiger partial charge in [0.05, 0.1) is 13.2 Å². The molecule has 13 heteroatoms. The summed E-state index contributed by atoms with van der Waals surface area (Å²) in [6, 6.07) is 0. The molecule has 1 rings (SSSR count). The Morgan fingerprint density at radius 3 is 1.52 bits per heavy atom. The molecule has 6 N–H and O–H groups in total. The van der Waals surface area contributed by atoms with E-state index in [4.69, 9.17) is 18.5 Å². The maximum absolute atomic E-state index is 12.7. The third-order valence-electron chi connectivity index (χ3n) is 9.64. The van der Waals surface area contributed by atoms with Gasteiger partial charge in [0.25, 0.3) is 0 Å². The van der Waals surface area contributed by atoms with E-state index in [0.29, 0.717) is 13.0 Å². The summed E-state index contributed by atoms with van der Waals surface area (Å²) in [4.78, 5) is 23.0. The fourth-order valence-electron chi connectivity index (χ4n) is 6.29. The van der Waals surface area contributed by atoms with Crippen LogP contribution in [0.5, 0.6) is 0 Å². The highest BCUT2D eigenvalue weighted by atomic mass is 31.2. The van der Waals surface area contributed by atoms with E-state index in [1.165, 1.54) is 83.5 Å². The number of ether oxygens (including phenoxy) is 2. The van der Waals surface area contributed by atoms with Gasteiger partial charge in [0, 0.05) is 13.0 Å². The van der Waals surface area contributed by atoms with Crippen LogP contribution in [0, 0.1) is 0 Å². The summed E-state index contributed by atoms with van der Waals surface area (Å²) in [5.41, 5.74) is 0. The van der Waals surface area contributed by atoms with E-state index >= 15 is 0 Å². The van der Waals surface area contributed by atoms with Crippen molar-refractivity contribution < 1.29 is 58.3 Å². The lowest BCUT2D eigenvalue weighted by atomic mass is 9.85. The third-order valence-corrected chi connectivity index (χ3v) is 10.6. The van der Waals surface area contributed by atoms with Crippen molar-refractivity contribution in [1.29, 1.82) is 0 Å². The molecule has 1 aliphatic rings. The Balaban J connectivity index is 2.45. The van der Waals surface area contributed by atoms with Crippen LogP contribution >= 0.6 is 7.82 Å². The van der Waals surface area contributed by atoms with Crippen molar-refractivity contribution in [3.05, 3.63) is 12.2 Å². The number of rotatable bonds is 34. The Bertz CT molecular complexity index is 921. The molecular formula is C39H75O12P. The lowest BCUT2D eigenvalue weighted by molar-refractivity contribution is -0.220. The minimum atomic E-state index is -5.00. The molecule has 1 fully saturated rings. The molecule has 52 heavy (non-hydrogen) atoms. The average Bonchev–Trinajstić information content (AvgIpc) is 3.12. The second kappa shape index (κ2) is 31.3. The van der Waals surface area contributed by atoms with Crippen LogP contribution < -0.4 is 0 Å². The zero-order valence-electron chi connectivity index (χ0n) is 32.4. The van der Waals surface area contributed by atoms with E-state index < -0.39 is 63.1 Å².